The van der Waals surface area contributed by atoms with Crippen molar-refractivity contribution in [2.75, 3.05) is 25.1 Å². The third kappa shape index (κ3) is 3.96. The lowest BCUT2D eigenvalue weighted by Crippen LogP contribution is -2.50. The first-order chi connectivity index (χ1) is 11.1. The Kier molecular flexibility index (Phi) is 4.75. The topological polar surface area (TPSA) is 73.1 Å². The van der Waals surface area contributed by atoms with Gasteiger partial charge in [-0.3, -0.25) is 0 Å². The number of aromatic nitrogens is 2. The number of nitrogens with zero attached hydrogens (tertiary/aromatic N) is 2. The molecule has 7 heteroatoms. The molecule has 2 aromatic heterocycles. The number of hydrogen-bond donors (Lipinski definition) is 2. The van der Waals surface area contributed by atoms with Gasteiger partial charge in [-0.05, 0) is 25.0 Å². The van der Waals surface area contributed by atoms with Crippen LogP contribution in [0.3, 0.4) is 0 Å². The molecule has 0 bridgehead atoms. The quantitative estimate of drug-likeness (QED) is 0.840. The van der Waals surface area contributed by atoms with Gasteiger partial charge >= 0.3 is 0 Å². The zero-order valence-corrected chi connectivity index (χ0v) is 13.3. The van der Waals surface area contributed by atoms with E-state index in [1.807, 2.05) is 12.1 Å². The molecule has 0 amide bonds. The summed E-state index contributed by atoms with van der Waals surface area (Å²) in [6.07, 6.45) is 2.90. The van der Waals surface area contributed by atoms with E-state index in [9.17, 15) is 4.39 Å². The third-order valence-electron chi connectivity index (χ3n) is 3.96. The molecule has 0 spiro atoms. The van der Waals surface area contributed by atoms with Gasteiger partial charge in [-0.2, -0.15) is 4.39 Å². The van der Waals surface area contributed by atoms with Crippen LogP contribution in [-0.4, -0.2) is 35.3 Å². The molecule has 1 saturated heterocycles. The first kappa shape index (κ1) is 16.1. The van der Waals surface area contributed by atoms with E-state index in [-0.39, 0.29) is 5.54 Å². The highest BCUT2D eigenvalue weighted by Gasteiger charge is 2.27. The fraction of sp³-hybridized carbons (Fsp3) is 0.375. The summed E-state index contributed by atoms with van der Waals surface area (Å²) in [5.41, 5.74) is 7.15. The van der Waals surface area contributed by atoms with Gasteiger partial charge in [0.15, 0.2) is 0 Å². The standard InChI is InChI=1S/C16H18ClFN4O/c17-12-9-20-14(18)8-11(12)13-2-1-3-15(22-13)21-10-16(19)4-6-23-7-5-16/h1-3,8-9H,4-7,10,19H2,(H,21,22). The van der Waals surface area contributed by atoms with Gasteiger partial charge in [0.25, 0.3) is 0 Å². The van der Waals surface area contributed by atoms with Gasteiger partial charge in [0, 0.05) is 43.1 Å². The van der Waals surface area contributed by atoms with E-state index >= 15 is 0 Å². The average molecular weight is 337 g/mol. The lowest BCUT2D eigenvalue weighted by atomic mass is 9.91. The van der Waals surface area contributed by atoms with Crippen molar-refractivity contribution in [3.8, 4) is 11.3 Å². The fourth-order valence-electron chi connectivity index (χ4n) is 2.51. The van der Waals surface area contributed by atoms with Crippen LogP contribution in [0.5, 0.6) is 0 Å². The zero-order chi connectivity index (χ0) is 16.3. The normalized spacial score (nSPS) is 17.0. The molecule has 0 unspecified atom stereocenters. The molecule has 3 N–H and O–H groups in total. The Morgan fingerprint density at radius 3 is 2.91 bits per heavy atom. The van der Waals surface area contributed by atoms with Gasteiger partial charge < -0.3 is 15.8 Å². The highest BCUT2D eigenvalue weighted by atomic mass is 35.5. The molecular weight excluding hydrogens is 319 g/mol. The second kappa shape index (κ2) is 6.78. The van der Waals surface area contributed by atoms with Crippen LogP contribution in [0.25, 0.3) is 11.3 Å². The minimum absolute atomic E-state index is 0.295. The highest BCUT2D eigenvalue weighted by molar-refractivity contribution is 6.33. The zero-order valence-electron chi connectivity index (χ0n) is 12.6. The van der Waals surface area contributed by atoms with E-state index < -0.39 is 5.95 Å². The molecule has 5 nitrogen and oxygen atoms in total. The minimum atomic E-state index is -0.590. The molecule has 3 heterocycles. The number of ether oxygens (including phenoxy) is 1. The molecule has 3 rings (SSSR count). The number of nitrogens with two attached hydrogens (primary N) is 1. The van der Waals surface area contributed by atoms with Crippen LogP contribution >= 0.6 is 11.6 Å². The molecule has 0 saturated carbocycles. The van der Waals surface area contributed by atoms with Gasteiger partial charge in [0.05, 0.1) is 10.7 Å². The Balaban J connectivity index is 1.76. The van der Waals surface area contributed by atoms with Crippen LogP contribution in [0, 0.1) is 5.95 Å². The summed E-state index contributed by atoms with van der Waals surface area (Å²) >= 11 is 6.08. The molecule has 23 heavy (non-hydrogen) atoms. The van der Waals surface area contributed by atoms with Crippen molar-refractivity contribution in [1.82, 2.24) is 9.97 Å². The minimum Gasteiger partial charge on any atom is -0.381 e. The van der Waals surface area contributed by atoms with E-state index in [0.717, 1.165) is 12.8 Å². The van der Waals surface area contributed by atoms with Crippen molar-refractivity contribution in [2.24, 2.45) is 5.73 Å². The number of rotatable bonds is 4. The summed E-state index contributed by atoms with van der Waals surface area (Å²) in [6, 6.07) is 6.74. The smallest absolute Gasteiger partial charge is 0.213 e. The Bertz CT molecular complexity index is 692. The molecule has 0 aromatic carbocycles. The van der Waals surface area contributed by atoms with Crippen molar-refractivity contribution in [2.45, 2.75) is 18.4 Å². The van der Waals surface area contributed by atoms with E-state index in [1.165, 1.54) is 12.3 Å². The monoisotopic (exact) mass is 336 g/mol. The summed E-state index contributed by atoms with van der Waals surface area (Å²) in [7, 11) is 0. The van der Waals surface area contributed by atoms with Crippen LogP contribution in [0.2, 0.25) is 5.02 Å². The number of halogens is 2. The predicted molar refractivity (Wildman–Crippen MR) is 87.9 cm³/mol. The van der Waals surface area contributed by atoms with Gasteiger partial charge in [-0.1, -0.05) is 17.7 Å². The third-order valence-corrected chi connectivity index (χ3v) is 4.26. The number of pyridine rings is 2. The Hall–Kier alpha value is -1.76. The molecule has 0 aliphatic carbocycles. The lowest BCUT2D eigenvalue weighted by Gasteiger charge is -2.33. The van der Waals surface area contributed by atoms with E-state index in [0.29, 0.717) is 41.9 Å². The Labute approximate surface area is 139 Å². The second-order valence-corrected chi connectivity index (χ2v) is 6.13. The maximum Gasteiger partial charge on any atom is 0.213 e. The fourth-order valence-corrected chi connectivity index (χ4v) is 2.71. The van der Waals surface area contributed by atoms with Crippen LogP contribution in [0.1, 0.15) is 12.8 Å². The largest absolute Gasteiger partial charge is 0.381 e. The summed E-state index contributed by atoms with van der Waals surface area (Å²) in [4.78, 5) is 8.01. The molecule has 0 radical (unpaired) electrons. The number of hydrogen-bond acceptors (Lipinski definition) is 5. The van der Waals surface area contributed by atoms with Crippen LogP contribution < -0.4 is 11.1 Å². The number of anilines is 1. The first-order valence-electron chi connectivity index (χ1n) is 7.45. The van der Waals surface area contributed by atoms with Crippen LogP contribution in [-0.2, 0) is 4.74 Å². The van der Waals surface area contributed by atoms with Crippen LogP contribution in [0.4, 0.5) is 10.2 Å². The SMILES string of the molecule is NC1(CNc2cccc(-c3cc(F)ncc3Cl)n2)CCOCC1. The molecule has 1 aliphatic heterocycles. The van der Waals surface area contributed by atoms with Crippen molar-refractivity contribution in [1.29, 1.82) is 0 Å². The summed E-state index contributed by atoms with van der Waals surface area (Å²) in [6.45, 7) is 1.96. The predicted octanol–water partition coefficient (Wildman–Crippen LogP) is 2.86. The highest BCUT2D eigenvalue weighted by Crippen LogP contribution is 2.27. The maximum absolute atomic E-state index is 13.3. The second-order valence-electron chi connectivity index (χ2n) is 5.72. The summed E-state index contributed by atoms with van der Waals surface area (Å²) in [5, 5.41) is 3.61. The summed E-state index contributed by atoms with van der Waals surface area (Å²) in [5.74, 6) is 0.0831. The van der Waals surface area contributed by atoms with Gasteiger partial charge in [-0.25, -0.2) is 9.97 Å². The molecule has 0 atom stereocenters. The number of nitrogens with one attached hydrogen (secondary N) is 1. The van der Waals surface area contributed by atoms with Crippen molar-refractivity contribution in [3.05, 3.63) is 41.4 Å². The molecule has 2 aromatic rings. The van der Waals surface area contributed by atoms with Gasteiger partial charge in [-0.15, -0.1) is 0 Å². The van der Waals surface area contributed by atoms with E-state index in [4.69, 9.17) is 22.1 Å². The average Bonchev–Trinajstić information content (AvgIpc) is 2.56. The lowest BCUT2D eigenvalue weighted by molar-refractivity contribution is 0.0574. The molecule has 1 aliphatic rings. The van der Waals surface area contributed by atoms with Crippen LogP contribution in [0.15, 0.2) is 30.5 Å². The Morgan fingerprint density at radius 2 is 2.13 bits per heavy atom. The molecule has 122 valence electrons. The molecule has 1 fully saturated rings. The van der Waals surface area contributed by atoms with Gasteiger partial charge in [0.2, 0.25) is 5.95 Å². The van der Waals surface area contributed by atoms with E-state index in [1.54, 1.807) is 6.07 Å². The van der Waals surface area contributed by atoms with Crippen molar-refractivity contribution < 1.29 is 9.13 Å². The summed E-state index contributed by atoms with van der Waals surface area (Å²) < 4.78 is 18.7. The molecular formula is C16H18ClFN4O. The van der Waals surface area contributed by atoms with Gasteiger partial charge in [0.1, 0.15) is 5.82 Å². The van der Waals surface area contributed by atoms with Crippen molar-refractivity contribution >= 4 is 17.4 Å². The van der Waals surface area contributed by atoms with Crippen molar-refractivity contribution in [3.63, 3.8) is 0 Å². The van der Waals surface area contributed by atoms with E-state index in [2.05, 4.69) is 15.3 Å². The maximum atomic E-state index is 13.3. The Morgan fingerprint density at radius 1 is 1.35 bits per heavy atom. The first-order valence-corrected chi connectivity index (χ1v) is 7.83.